The van der Waals surface area contributed by atoms with Gasteiger partial charge in [-0.3, -0.25) is 19.2 Å². The van der Waals surface area contributed by atoms with Gasteiger partial charge >= 0.3 is 36.2 Å². The molecule has 10 atom stereocenters. The maximum atomic E-state index is 14.4. The van der Waals surface area contributed by atoms with Crippen LogP contribution in [-0.4, -0.2) is 70.9 Å². The fourth-order valence-corrected chi connectivity index (χ4v) is 12.2. The molecule has 1 heterocycles. The maximum Gasteiger partial charge on any atom is 0.426 e. The van der Waals surface area contributed by atoms with Crippen LogP contribution in [0.15, 0.2) is 0 Å². The van der Waals surface area contributed by atoms with E-state index >= 15 is 0 Å². The number of halogens is 6. The number of carbonyl (C=O) groups excluding carboxylic acids is 4. The highest BCUT2D eigenvalue weighted by atomic mass is 19.4. The molecule has 10 unspecified atom stereocenters. The van der Waals surface area contributed by atoms with Gasteiger partial charge in [-0.15, -0.1) is 0 Å². The third kappa shape index (κ3) is 8.14. The summed E-state index contributed by atoms with van der Waals surface area (Å²) in [6, 6.07) is 0. The summed E-state index contributed by atoms with van der Waals surface area (Å²) in [5, 5.41) is 9.92. The first kappa shape index (κ1) is 44.5. The van der Waals surface area contributed by atoms with Crippen molar-refractivity contribution in [3.05, 3.63) is 0 Å². The molecule has 334 valence electrons. The molecule has 0 amide bonds. The zero-order valence-corrected chi connectivity index (χ0v) is 35.0. The summed E-state index contributed by atoms with van der Waals surface area (Å²) in [4.78, 5) is 54.7. The Morgan fingerprint density at radius 1 is 0.729 bits per heavy atom. The Hall–Kier alpha value is -2.58. The number of hydrogen-bond acceptors (Lipinski definition) is 9. The minimum atomic E-state index is -5.93. The van der Waals surface area contributed by atoms with Crippen LogP contribution in [0.2, 0.25) is 0 Å². The lowest BCUT2D eigenvalue weighted by Gasteiger charge is -2.39. The van der Waals surface area contributed by atoms with Gasteiger partial charge < -0.3 is 24.1 Å². The van der Waals surface area contributed by atoms with Crippen LogP contribution in [0.25, 0.3) is 0 Å². The number of fused-ring (bicyclic) bond motifs is 3. The van der Waals surface area contributed by atoms with E-state index in [0.717, 1.165) is 57.8 Å². The molecule has 1 N–H and O–H groups in total. The second-order valence-corrected chi connectivity index (χ2v) is 21.2. The molecule has 1 aliphatic heterocycles. The molecule has 7 fully saturated rings. The molecular formula is C44H62F6O9. The lowest BCUT2D eigenvalue weighted by molar-refractivity contribution is -0.373. The van der Waals surface area contributed by atoms with Crippen LogP contribution in [0.3, 0.4) is 0 Å². The van der Waals surface area contributed by atoms with E-state index < -0.39 is 88.3 Å². The summed E-state index contributed by atoms with van der Waals surface area (Å²) in [7, 11) is 0. The Labute approximate surface area is 342 Å². The second kappa shape index (κ2) is 15.3. The molecule has 0 radical (unpaired) electrons. The highest BCUT2D eigenvalue weighted by Crippen LogP contribution is 2.58. The molecule has 0 aromatic carbocycles. The summed E-state index contributed by atoms with van der Waals surface area (Å²) < 4.78 is 106. The van der Waals surface area contributed by atoms with E-state index in [0.29, 0.717) is 25.2 Å². The van der Waals surface area contributed by atoms with Crippen molar-refractivity contribution >= 4 is 23.9 Å². The van der Waals surface area contributed by atoms with Gasteiger partial charge in [0.1, 0.15) is 23.9 Å². The Kier molecular flexibility index (Phi) is 11.6. The van der Waals surface area contributed by atoms with E-state index in [1.165, 1.54) is 0 Å². The fraction of sp³-hybridized carbons (Fsp3) is 0.909. The van der Waals surface area contributed by atoms with Crippen molar-refractivity contribution in [3.63, 3.8) is 0 Å². The number of ether oxygens (including phenoxy) is 4. The highest BCUT2D eigenvalue weighted by molar-refractivity contribution is 5.80. The van der Waals surface area contributed by atoms with E-state index in [1.54, 1.807) is 20.8 Å². The number of rotatable bonds is 15. The van der Waals surface area contributed by atoms with Gasteiger partial charge in [0.2, 0.25) is 0 Å². The number of alkyl halides is 6. The Morgan fingerprint density at radius 2 is 1.32 bits per heavy atom. The first-order valence-corrected chi connectivity index (χ1v) is 22.0. The normalized spacial score (nSPS) is 34.0. The Balaban J connectivity index is 1.03. The van der Waals surface area contributed by atoms with Crippen molar-refractivity contribution in [2.75, 3.05) is 0 Å². The Bertz CT molecular complexity index is 1610. The fourth-order valence-electron chi connectivity index (χ4n) is 12.2. The quantitative estimate of drug-likeness (QED) is 0.0975. The van der Waals surface area contributed by atoms with Crippen LogP contribution >= 0.6 is 0 Å². The van der Waals surface area contributed by atoms with E-state index in [9.17, 15) is 50.6 Å². The van der Waals surface area contributed by atoms with Crippen molar-refractivity contribution < 1.29 is 69.6 Å². The smallest absolute Gasteiger partial charge is 0.426 e. The van der Waals surface area contributed by atoms with Crippen LogP contribution in [0, 0.1) is 57.7 Å². The lowest BCUT2D eigenvalue weighted by Crippen LogP contribution is -2.58. The molecular weight excluding hydrogens is 786 g/mol. The van der Waals surface area contributed by atoms with Crippen LogP contribution in [0.4, 0.5) is 26.3 Å². The predicted octanol–water partition coefficient (Wildman–Crippen LogP) is 9.35. The highest BCUT2D eigenvalue weighted by Gasteiger charge is 2.71. The van der Waals surface area contributed by atoms with Gasteiger partial charge in [0.15, 0.2) is 0 Å². The van der Waals surface area contributed by atoms with Crippen molar-refractivity contribution in [3.8, 4) is 0 Å². The summed E-state index contributed by atoms with van der Waals surface area (Å²) in [6.07, 6.45) is -4.74. The molecule has 59 heavy (non-hydrogen) atoms. The summed E-state index contributed by atoms with van der Waals surface area (Å²) in [5.74, 6) is -3.82. The molecule has 15 heteroatoms. The molecule has 4 bridgehead atoms. The largest absolute Gasteiger partial charge is 0.462 e. The number of aliphatic hydroxyl groups is 1. The van der Waals surface area contributed by atoms with E-state index in [1.807, 2.05) is 13.8 Å². The monoisotopic (exact) mass is 848 g/mol. The third-order valence-corrected chi connectivity index (χ3v) is 16.3. The molecule has 0 spiro atoms. The average Bonchev–Trinajstić information content (AvgIpc) is 4.00. The van der Waals surface area contributed by atoms with Crippen LogP contribution in [0.1, 0.15) is 150 Å². The Morgan fingerprint density at radius 3 is 1.90 bits per heavy atom. The van der Waals surface area contributed by atoms with E-state index in [-0.39, 0.29) is 67.7 Å². The molecule has 7 aliphatic rings. The van der Waals surface area contributed by atoms with Gasteiger partial charge in [0.25, 0.3) is 5.60 Å². The molecule has 1 saturated heterocycles. The minimum Gasteiger partial charge on any atom is -0.462 e. The van der Waals surface area contributed by atoms with Crippen LogP contribution in [-0.2, 0) is 38.1 Å². The van der Waals surface area contributed by atoms with Crippen molar-refractivity contribution in [1.29, 1.82) is 0 Å². The number of esters is 4. The first-order valence-electron chi connectivity index (χ1n) is 22.0. The molecule has 0 aromatic rings. The third-order valence-electron chi connectivity index (χ3n) is 16.3. The molecule has 0 aromatic heterocycles. The molecule has 7 rings (SSSR count). The zero-order chi connectivity index (χ0) is 43.1. The van der Waals surface area contributed by atoms with Gasteiger partial charge in [0.05, 0.1) is 22.2 Å². The van der Waals surface area contributed by atoms with Gasteiger partial charge in [-0.2, -0.15) is 26.3 Å². The maximum absolute atomic E-state index is 14.4. The van der Waals surface area contributed by atoms with Crippen molar-refractivity contribution in [2.24, 2.45) is 57.7 Å². The summed E-state index contributed by atoms with van der Waals surface area (Å²) in [5.41, 5.74) is -8.75. The minimum absolute atomic E-state index is 0.00270. The van der Waals surface area contributed by atoms with E-state index in [4.69, 9.17) is 18.9 Å². The average molecular weight is 849 g/mol. The van der Waals surface area contributed by atoms with E-state index in [2.05, 4.69) is 0 Å². The summed E-state index contributed by atoms with van der Waals surface area (Å²) in [6.45, 7) is 8.63. The lowest BCUT2D eigenvalue weighted by atomic mass is 9.72. The van der Waals surface area contributed by atoms with Crippen LogP contribution < -0.4 is 0 Å². The topological polar surface area (TPSA) is 125 Å². The molecule has 6 aliphatic carbocycles. The number of carbonyl (C=O) groups is 4. The van der Waals surface area contributed by atoms with Gasteiger partial charge in [-0.1, -0.05) is 12.8 Å². The van der Waals surface area contributed by atoms with Crippen LogP contribution in [0.5, 0.6) is 0 Å². The molecule has 6 saturated carbocycles. The molecule has 9 nitrogen and oxygen atoms in total. The second-order valence-electron chi connectivity index (χ2n) is 21.2. The van der Waals surface area contributed by atoms with Gasteiger partial charge in [-0.25, -0.2) is 0 Å². The number of hydrogen-bond donors (Lipinski definition) is 1. The predicted molar refractivity (Wildman–Crippen MR) is 199 cm³/mol. The van der Waals surface area contributed by atoms with Crippen molar-refractivity contribution in [1.82, 2.24) is 0 Å². The van der Waals surface area contributed by atoms with Crippen molar-refractivity contribution in [2.45, 2.75) is 192 Å². The van der Waals surface area contributed by atoms with Gasteiger partial charge in [0, 0.05) is 11.8 Å². The SMILES string of the molecule is CC(C)(CCC(C)(CCC(C)(C)C(=O)OC1(C2CCCC2)CCCC1)C(=O)OC1C2CC3C(=O)OC1C3C2)C(=O)OC1CC2CC(CC(O)(C(F)(F)F)C(F)(F)F)C1C2. The first-order chi connectivity index (χ1) is 27.3. The summed E-state index contributed by atoms with van der Waals surface area (Å²) >= 11 is 0. The van der Waals surface area contributed by atoms with Gasteiger partial charge in [-0.05, 0) is 161 Å². The zero-order valence-electron chi connectivity index (χ0n) is 35.0. The standard InChI is InChI=1S/C44H62F6O9/c1-38(2,35(52)56-31-20-24-18-26(28(31)19-24)23-42(55,43(45,46)47)44(48,49)50)14-16-40(5,37(54)58-32-25-21-29-30(22-25)34(51)57-33(29)32)17-15-39(3,4)36(53)59-41(12-8-9-13-41)27-10-6-7-11-27/h24-33,55H,6-23H2,1-5H3.